The van der Waals surface area contributed by atoms with Gasteiger partial charge in [0, 0.05) is 40.1 Å². The van der Waals surface area contributed by atoms with Crippen molar-refractivity contribution in [2.24, 2.45) is 5.92 Å². The van der Waals surface area contributed by atoms with Gasteiger partial charge in [0.2, 0.25) is 5.91 Å². The van der Waals surface area contributed by atoms with Crippen molar-refractivity contribution in [1.82, 2.24) is 9.80 Å². The fourth-order valence-corrected chi connectivity index (χ4v) is 3.42. The van der Waals surface area contributed by atoms with E-state index < -0.39 is 10.9 Å². The van der Waals surface area contributed by atoms with Crippen molar-refractivity contribution in [1.29, 1.82) is 0 Å². The number of hydrogen-bond donors (Lipinski definition) is 0. The Labute approximate surface area is 157 Å². The molecule has 1 atom stereocenters. The molecule has 1 amide bonds. The van der Waals surface area contributed by atoms with Gasteiger partial charge in [0.05, 0.1) is 29.6 Å². The average Bonchev–Trinajstić information content (AvgIpc) is 3.05. The zero-order valence-corrected chi connectivity index (χ0v) is 16.5. The summed E-state index contributed by atoms with van der Waals surface area (Å²) in [5, 5.41) is 11.6. The smallest absolute Gasteiger partial charge is 0.315 e. The lowest BCUT2D eigenvalue weighted by molar-refractivity contribution is -0.426. The molecule has 1 aliphatic heterocycles. The predicted molar refractivity (Wildman–Crippen MR) is 98.0 cm³/mol. The third-order valence-electron chi connectivity index (χ3n) is 3.77. The monoisotopic (exact) mass is 389 g/mol. The van der Waals surface area contributed by atoms with E-state index in [9.17, 15) is 19.7 Å². The minimum absolute atomic E-state index is 0.00965. The molecule has 0 radical (unpaired) electrons. The number of rotatable bonds is 10. The minimum Gasteiger partial charge on any atom is -0.465 e. The zero-order chi connectivity index (χ0) is 19.7. The molecule has 0 N–H and O–H groups in total. The normalized spacial score (nSPS) is 17.5. The van der Waals surface area contributed by atoms with Crippen LogP contribution in [0.2, 0.25) is 0 Å². The van der Waals surface area contributed by atoms with Crippen LogP contribution >= 0.6 is 11.8 Å². The van der Waals surface area contributed by atoms with Crippen LogP contribution < -0.4 is 0 Å². The summed E-state index contributed by atoms with van der Waals surface area (Å²) in [6.45, 7) is 4.89. The first-order valence-corrected chi connectivity index (χ1v) is 9.57. The first-order chi connectivity index (χ1) is 12.3. The Bertz CT molecular complexity index is 546. The van der Waals surface area contributed by atoms with E-state index in [-0.39, 0.29) is 41.5 Å². The van der Waals surface area contributed by atoms with Crippen molar-refractivity contribution < 1.29 is 24.0 Å². The third-order valence-corrected chi connectivity index (χ3v) is 4.68. The van der Waals surface area contributed by atoms with E-state index in [1.165, 1.54) is 11.8 Å². The molecule has 1 unspecified atom stereocenters. The number of nitro groups is 1. The molecule has 0 aliphatic carbocycles. The molecule has 0 spiro atoms. The first-order valence-electron chi connectivity index (χ1n) is 8.41. The van der Waals surface area contributed by atoms with Crippen molar-refractivity contribution in [3.63, 3.8) is 0 Å². The number of nitrogens with zero attached hydrogens (tertiary/aromatic N) is 3. The van der Waals surface area contributed by atoms with Crippen LogP contribution in [0.3, 0.4) is 0 Å². The van der Waals surface area contributed by atoms with Gasteiger partial charge in [-0.25, -0.2) is 0 Å². The Hall–Kier alpha value is -1.81. The lowest BCUT2D eigenvalue weighted by Crippen LogP contribution is -2.40. The molecule has 9 nitrogen and oxygen atoms in total. The summed E-state index contributed by atoms with van der Waals surface area (Å²) < 4.78 is 10.2. The number of carbonyl (C=O) groups excluding carboxylic acids is 2. The molecule has 1 saturated heterocycles. The first kappa shape index (κ1) is 22.2. The number of ether oxygens (including phenoxy) is 2. The number of carbonyl (C=O) groups is 2. The summed E-state index contributed by atoms with van der Waals surface area (Å²) in [6.07, 6.45) is 0.815. The second-order valence-electron chi connectivity index (χ2n) is 6.08. The van der Waals surface area contributed by atoms with Gasteiger partial charge in [-0.3, -0.25) is 24.6 Å². The molecule has 1 rings (SSSR count). The van der Waals surface area contributed by atoms with E-state index in [4.69, 9.17) is 9.47 Å². The van der Waals surface area contributed by atoms with Crippen LogP contribution in [-0.2, 0) is 19.1 Å². The molecule has 10 heteroatoms. The van der Waals surface area contributed by atoms with Gasteiger partial charge in [-0.2, -0.15) is 0 Å². The molecule has 1 aliphatic rings. The summed E-state index contributed by atoms with van der Waals surface area (Å²) in [6, 6.07) is 0. The Morgan fingerprint density at radius 1 is 1.35 bits per heavy atom. The van der Waals surface area contributed by atoms with E-state index in [1.807, 2.05) is 0 Å². The molecule has 0 aromatic heterocycles. The number of amides is 1. The van der Waals surface area contributed by atoms with Gasteiger partial charge in [-0.1, -0.05) is 0 Å². The average molecular weight is 389 g/mol. The highest BCUT2D eigenvalue weighted by Crippen LogP contribution is 2.22. The molecule has 26 heavy (non-hydrogen) atoms. The van der Waals surface area contributed by atoms with Gasteiger partial charge in [0.1, 0.15) is 0 Å². The largest absolute Gasteiger partial charge is 0.465 e. The summed E-state index contributed by atoms with van der Waals surface area (Å²) in [5.74, 6) is -0.291. The summed E-state index contributed by atoms with van der Waals surface area (Å²) in [5.41, 5.74) is -0.113. The van der Waals surface area contributed by atoms with Crippen LogP contribution in [-0.4, -0.2) is 78.6 Å². The van der Waals surface area contributed by atoms with E-state index in [0.717, 1.165) is 18.2 Å². The van der Waals surface area contributed by atoms with Crippen molar-refractivity contribution in [2.45, 2.75) is 20.3 Å². The standard InChI is InChI=1S/C16H27N3O6S/c1-5-25-15(21)11-26-10-14(19(22)23)16(17(3)4)18(12(2)20)8-13-6-7-24-9-13/h13H,5-11H2,1-4H3. The molecule has 0 aromatic rings. The second-order valence-corrected chi connectivity index (χ2v) is 7.06. The van der Waals surface area contributed by atoms with Crippen LogP contribution in [0.5, 0.6) is 0 Å². The van der Waals surface area contributed by atoms with Crippen molar-refractivity contribution >= 4 is 23.6 Å². The van der Waals surface area contributed by atoms with E-state index >= 15 is 0 Å². The quantitative estimate of drug-likeness (QED) is 0.312. The molecular formula is C16H27N3O6S. The number of thioether (sulfide) groups is 1. The minimum atomic E-state index is -0.491. The summed E-state index contributed by atoms with van der Waals surface area (Å²) >= 11 is 1.09. The van der Waals surface area contributed by atoms with Gasteiger partial charge in [-0.15, -0.1) is 11.8 Å². The van der Waals surface area contributed by atoms with Gasteiger partial charge in [0.15, 0.2) is 5.82 Å². The van der Waals surface area contributed by atoms with Crippen LogP contribution in [0, 0.1) is 16.0 Å². The van der Waals surface area contributed by atoms with E-state index in [2.05, 4.69) is 0 Å². The molecule has 0 aromatic carbocycles. The summed E-state index contributed by atoms with van der Waals surface area (Å²) in [4.78, 5) is 37.8. The molecule has 0 bridgehead atoms. The highest BCUT2D eigenvalue weighted by molar-refractivity contribution is 8.00. The SMILES string of the molecule is CCOC(=O)CSCC(=C(N(C)C)N(CC1CCOC1)C(C)=O)[N+](=O)[O-]. The molecule has 1 fully saturated rings. The van der Waals surface area contributed by atoms with Crippen molar-refractivity contribution in [3.8, 4) is 0 Å². The fourth-order valence-electron chi connectivity index (χ4n) is 2.64. The molecule has 0 saturated carbocycles. The Balaban J connectivity index is 3.02. The lowest BCUT2D eigenvalue weighted by Gasteiger charge is -2.30. The molecule has 148 valence electrons. The van der Waals surface area contributed by atoms with E-state index in [1.54, 1.807) is 25.9 Å². The molecule has 1 heterocycles. The Morgan fingerprint density at radius 2 is 2.04 bits per heavy atom. The maximum atomic E-state index is 12.2. The Morgan fingerprint density at radius 3 is 2.50 bits per heavy atom. The Kier molecular flexibility index (Phi) is 9.42. The van der Waals surface area contributed by atoms with Gasteiger partial charge in [0.25, 0.3) is 5.70 Å². The highest BCUT2D eigenvalue weighted by atomic mass is 32.2. The zero-order valence-electron chi connectivity index (χ0n) is 15.7. The van der Waals surface area contributed by atoms with Crippen LogP contribution in [0.1, 0.15) is 20.3 Å². The lowest BCUT2D eigenvalue weighted by atomic mass is 10.1. The molecular weight excluding hydrogens is 362 g/mol. The van der Waals surface area contributed by atoms with Gasteiger partial charge < -0.3 is 14.4 Å². The van der Waals surface area contributed by atoms with E-state index in [0.29, 0.717) is 19.8 Å². The van der Waals surface area contributed by atoms with Crippen molar-refractivity contribution in [2.75, 3.05) is 52.0 Å². The van der Waals surface area contributed by atoms with Gasteiger partial charge >= 0.3 is 5.97 Å². The maximum absolute atomic E-state index is 12.2. The highest BCUT2D eigenvalue weighted by Gasteiger charge is 2.31. The topological polar surface area (TPSA) is 102 Å². The maximum Gasteiger partial charge on any atom is 0.315 e. The summed E-state index contributed by atoms with van der Waals surface area (Å²) in [7, 11) is 3.33. The van der Waals surface area contributed by atoms with Crippen molar-refractivity contribution in [3.05, 3.63) is 21.6 Å². The predicted octanol–water partition coefficient (Wildman–Crippen LogP) is 1.18. The van der Waals surface area contributed by atoms with Crippen LogP contribution in [0.25, 0.3) is 0 Å². The van der Waals surface area contributed by atoms with Crippen LogP contribution in [0.4, 0.5) is 0 Å². The third kappa shape index (κ3) is 6.83. The van der Waals surface area contributed by atoms with Gasteiger partial charge in [-0.05, 0) is 13.3 Å². The number of esters is 1. The fraction of sp³-hybridized carbons (Fsp3) is 0.750. The van der Waals surface area contributed by atoms with Crippen LogP contribution in [0.15, 0.2) is 11.5 Å². The second kappa shape index (κ2) is 11.0. The number of hydrogen-bond acceptors (Lipinski definition) is 8.